The number of amides is 1. The molecule has 1 heterocycles. The summed E-state index contributed by atoms with van der Waals surface area (Å²) >= 11 is 0. The van der Waals surface area contributed by atoms with E-state index in [9.17, 15) is 9.90 Å². The van der Waals surface area contributed by atoms with Crippen LogP contribution in [0.3, 0.4) is 0 Å². The van der Waals surface area contributed by atoms with Gasteiger partial charge in [0.05, 0.1) is 11.1 Å². The van der Waals surface area contributed by atoms with Crippen molar-refractivity contribution in [1.29, 1.82) is 0 Å². The lowest BCUT2D eigenvalue weighted by Crippen LogP contribution is -2.29. The van der Waals surface area contributed by atoms with Gasteiger partial charge in [-0.15, -0.1) is 0 Å². The summed E-state index contributed by atoms with van der Waals surface area (Å²) in [6.07, 6.45) is 0. The zero-order chi connectivity index (χ0) is 20.1. The van der Waals surface area contributed by atoms with Crippen molar-refractivity contribution in [3.8, 4) is 22.6 Å². The summed E-state index contributed by atoms with van der Waals surface area (Å²) in [7, 11) is 0. The lowest BCUT2D eigenvalue weighted by atomic mass is 9.83. The van der Waals surface area contributed by atoms with Gasteiger partial charge in [-0.25, -0.2) is 0 Å². The minimum absolute atomic E-state index is 0.0502. The van der Waals surface area contributed by atoms with Crippen LogP contribution in [0.1, 0.15) is 40.9 Å². The highest BCUT2D eigenvalue weighted by Gasteiger charge is 2.36. The molecule has 4 nitrogen and oxygen atoms in total. The molecule has 1 aliphatic heterocycles. The molecule has 28 heavy (non-hydrogen) atoms. The topological polar surface area (TPSA) is 58.6 Å². The molecule has 3 aromatic rings. The van der Waals surface area contributed by atoms with Crippen molar-refractivity contribution < 1.29 is 14.6 Å². The molecule has 0 atom stereocenters. The lowest BCUT2D eigenvalue weighted by Gasteiger charge is -2.36. The molecule has 1 amide bonds. The van der Waals surface area contributed by atoms with Gasteiger partial charge in [0.2, 0.25) is 0 Å². The van der Waals surface area contributed by atoms with Crippen LogP contribution < -0.4 is 10.1 Å². The quantitative estimate of drug-likeness (QED) is 0.619. The highest BCUT2D eigenvalue weighted by molar-refractivity contribution is 6.09. The van der Waals surface area contributed by atoms with E-state index in [-0.39, 0.29) is 17.2 Å². The van der Waals surface area contributed by atoms with Crippen LogP contribution in [0.5, 0.6) is 11.5 Å². The van der Waals surface area contributed by atoms with E-state index in [0.29, 0.717) is 22.6 Å². The van der Waals surface area contributed by atoms with Gasteiger partial charge in [-0.3, -0.25) is 4.79 Å². The van der Waals surface area contributed by atoms with Crippen LogP contribution in [0.4, 0.5) is 5.69 Å². The van der Waals surface area contributed by atoms with Gasteiger partial charge in [-0.1, -0.05) is 42.0 Å². The monoisotopic (exact) mass is 373 g/mol. The van der Waals surface area contributed by atoms with Gasteiger partial charge in [0.25, 0.3) is 5.91 Å². The molecule has 0 bridgehead atoms. The van der Waals surface area contributed by atoms with E-state index in [1.54, 1.807) is 0 Å². The minimum Gasteiger partial charge on any atom is -0.506 e. The average Bonchev–Trinajstić information content (AvgIpc) is 2.61. The van der Waals surface area contributed by atoms with E-state index in [1.807, 2.05) is 82.3 Å². The molecule has 2 N–H and O–H groups in total. The first-order chi connectivity index (χ1) is 13.3. The smallest absolute Gasteiger partial charge is 0.259 e. The van der Waals surface area contributed by atoms with Crippen LogP contribution in [-0.2, 0) is 5.60 Å². The Morgan fingerprint density at radius 2 is 1.75 bits per heavy atom. The SMILES string of the molecule is Cc1ccc2c(c1)-c1c(cc(C)c(C(=O)Nc3ccccc3)c1O)OC2(C)C. The van der Waals surface area contributed by atoms with Crippen LogP contribution in [0, 0.1) is 13.8 Å². The predicted octanol–water partition coefficient (Wildman–Crippen LogP) is 5.56. The van der Waals surface area contributed by atoms with Crippen molar-refractivity contribution in [2.24, 2.45) is 0 Å². The fraction of sp³-hybridized carbons (Fsp3) is 0.208. The second-order valence-corrected chi connectivity index (χ2v) is 7.77. The van der Waals surface area contributed by atoms with Gasteiger partial charge in [0.1, 0.15) is 17.1 Å². The first kappa shape index (κ1) is 18.1. The first-order valence-corrected chi connectivity index (χ1v) is 9.31. The van der Waals surface area contributed by atoms with Crippen molar-refractivity contribution >= 4 is 11.6 Å². The number of benzene rings is 3. The second kappa shape index (κ2) is 6.41. The van der Waals surface area contributed by atoms with Gasteiger partial charge >= 0.3 is 0 Å². The van der Waals surface area contributed by atoms with Crippen molar-refractivity contribution in [3.05, 3.63) is 76.9 Å². The number of aryl methyl sites for hydroxylation is 2. The summed E-state index contributed by atoms with van der Waals surface area (Å²) in [5, 5.41) is 14.0. The Balaban J connectivity index is 1.88. The number of carbonyl (C=O) groups excluding carboxylic acids is 1. The molecular formula is C24H23NO3. The number of aromatic hydroxyl groups is 1. The maximum Gasteiger partial charge on any atom is 0.259 e. The van der Waals surface area contributed by atoms with Crippen molar-refractivity contribution in [3.63, 3.8) is 0 Å². The number of phenols is 1. The van der Waals surface area contributed by atoms with Crippen molar-refractivity contribution in [2.45, 2.75) is 33.3 Å². The highest BCUT2D eigenvalue weighted by atomic mass is 16.5. The largest absolute Gasteiger partial charge is 0.506 e. The van der Waals surface area contributed by atoms with Gasteiger partial charge in [-0.05, 0) is 57.0 Å². The highest BCUT2D eigenvalue weighted by Crippen LogP contribution is 2.51. The third kappa shape index (κ3) is 2.91. The summed E-state index contributed by atoms with van der Waals surface area (Å²) in [5.74, 6) is 0.197. The Morgan fingerprint density at radius 3 is 2.46 bits per heavy atom. The third-order valence-electron chi connectivity index (χ3n) is 5.18. The maximum atomic E-state index is 12.9. The van der Waals surface area contributed by atoms with Crippen LogP contribution >= 0.6 is 0 Å². The maximum absolute atomic E-state index is 12.9. The predicted molar refractivity (Wildman–Crippen MR) is 111 cm³/mol. The van der Waals surface area contributed by atoms with Gasteiger partial charge in [-0.2, -0.15) is 0 Å². The number of ether oxygens (including phenoxy) is 1. The molecule has 4 heteroatoms. The normalized spacial score (nSPS) is 13.9. The number of anilines is 1. The van der Waals surface area contributed by atoms with E-state index in [0.717, 1.165) is 16.7 Å². The zero-order valence-electron chi connectivity index (χ0n) is 16.5. The van der Waals surface area contributed by atoms with Crippen LogP contribution in [0.15, 0.2) is 54.6 Å². The summed E-state index contributed by atoms with van der Waals surface area (Å²) in [4.78, 5) is 12.9. The van der Waals surface area contributed by atoms with E-state index in [1.165, 1.54) is 0 Å². The Kier molecular flexibility index (Phi) is 4.15. The number of phenolic OH excluding ortho intramolecular Hbond substituents is 1. The number of rotatable bonds is 2. The number of carbonyl (C=O) groups is 1. The standard InChI is InChI=1S/C24H23NO3/c1-14-10-11-18-17(12-14)21-19(28-24(18,3)4)13-15(2)20(22(21)26)23(27)25-16-8-6-5-7-9-16/h5-13,26H,1-4H3,(H,25,27). The molecule has 0 aromatic heterocycles. The number of para-hydroxylation sites is 1. The summed E-state index contributed by atoms with van der Waals surface area (Å²) < 4.78 is 6.21. The van der Waals surface area contributed by atoms with E-state index >= 15 is 0 Å². The van der Waals surface area contributed by atoms with Crippen molar-refractivity contribution in [1.82, 2.24) is 0 Å². The minimum atomic E-state index is -0.525. The molecule has 3 aromatic carbocycles. The Bertz CT molecular complexity index is 1080. The molecule has 142 valence electrons. The lowest BCUT2D eigenvalue weighted by molar-refractivity contribution is 0.101. The Labute approximate surface area is 164 Å². The molecule has 0 spiro atoms. The number of nitrogens with one attached hydrogen (secondary N) is 1. The molecular weight excluding hydrogens is 350 g/mol. The van der Waals surface area contributed by atoms with Gasteiger partial charge in [0.15, 0.2) is 0 Å². The molecule has 0 saturated carbocycles. The molecule has 1 aliphatic rings. The Hall–Kier alpha value is -3.27. The molecule has 0 unspecified atom stereocenters. The second-order valence-electron chi connectivity index (χ2n) is 7.77. The van der Waals surface area contributed by atoms with E-state index < -0.39 is 5.60 Å². The van der Waals surface area contributed by atoms with Crippen LogP contribution in [0.2, 0.25) is 0 Å². The molecule has 4 rings (SSSR count). The van der Waals surface area contributed by atoms with Gasteiger partial charge in [0, 0.05) is 11.3 Å². The summed E-state index contributed by atoms with van der Waals surface area (Å²) in [6, 6.07) is 17.1. The fourth-order valence-corrected chi connectivity index (χ4v) is 3.83. The molecule has 0 aliphatic carbocycles. The Morgan fingerprint density at radius 1 is 1.04 bits per heavy atom. The molecule has 0 fully saturated rings. The third-order valence-corrected chi connectivity index (χ3v) is 5.18. The fourth-order valence-electron chi connectivity index (χ4n) is 3.83. The van der Waals surface area contributed by atoms with E-state index in [4.69, 9.17) is 4.74 Å². The van der Waals surface area contributed by atoms with E-state index in [2.05, 4.69) is 5.32 Å². The first-order valence-electron chi connectivity index (χ1n) is 9.31. The molecule has 0 radical (unpaired) electrons. The van der Waals surface area contributed by atoms with Crippen LogP contribution in [0.25, 0.3) is 11.1 Å². The van der Waals surface area contributed by atoms with Gasteiger partial charge < -0.3 is 15.2 Å². The number of fused-ring (bicyclic) bond motifs is 3. The summed E-state index contributed by atoms with van der Waals surface area (Å²) in [6.45, 7) is 7.83. The number of hydrogen-bond acceptors (Lipinski definition) is 3. The average molecular weight is 373 g/mol. The molecule has 0 saturated heterocycles. The summed E-state index contributed by atoms with van der Waals surface area (Å²) in [5.41, 5.74) is 4.62. The van der Waals surface area contributed by atoms with Crippen LogP contribution in [-0.4, -0.2) is 11.0 Å². The number of hydrogen-bond donors (Lipinski definition) is 2. The van der Waals surface area contributed by atoms with Crippen molar-refractivity contribution in [2.75, 3.05) is 5.32 Å². The zero-order valence-corrected chi connectivity index (χ0v) is 16.5.